The third kappa shape index (κ3) is 3.93. The number of carbonyl (C=O) groups excluding carboxylic acids is 3. The number of aromatic nitrogens is 2. The van der Waals surface area contributed by atoms with E-state index in [0.717, 1.165) is 21.0 Å². The van der Waals surface area contributed by atoms with Gasteiger partial charge in [-0.1, -0.05) is 34.9 Å². The molecule has 0 saturated carbocycles. The molecule has 0 bridgehead atoms. The smallest absolute Gasteiger partial charge is 0.288 e. The lowest BCUT2D eigenvalue weighted by atomic mass is 10.4. The Labute approximate surface area is 127 Å². The van der Waals surface area contributed by atoms with Gasteiger partial charge >= 0.3 is 0 Å². The minimum Gasteiger partial charge on any atom is -0.353 e. The normalized spacial score (nSPS) is 16.6. The Morgan fingerprint density at radius 2 is 2.40 bits per heavy atom. The van der Waals surface area contributed by atoms with Crippen molar-refractivity contribution in [1.82, 2.24) is 20.4 Å². The van der Waals surface area contributed by atoms with Crippen molar-refractivity contribution >= 4 is 51.9 Å². The molecular weight excluding hydrogens is 320 g/mol. The fourth-order valence-corrected chi connectivity index (χ4v) is 3.85. The van der Waals surface area contributed by atoms with E-state index in [1.54, 1.807) is 12.4 Å². The highest BCUT2D eigenvalue weighted by molar-refractivity contribution is 8.14. The van der Waals surface area contributed by atoms with Crippen LogP contribution in [0, 0.1) is 0 Å². The van der Waals surface area contributed by atoms with Gasteiger partial charge in [-0.2, -0.15) is 0 Å². The highest BCUT2D eigenvalue weighted by Crippen LogP contribution is 2.24. The monoisotopic (exact) mass is 332 g/mol. The molecule has 0 unspecified atom stereocenters. The van der Waals surface area contributed by atoms with Gasteiger partial charge in [-0.15, -0.1) is 10.2 Å². The molecule has 1 saturated heterocycles. The summed E-state index contributed by atoms with van der Waals surface area (Å²) in [6.07, 6.45) is 0. The van der Waals surface area contributed by atoms with Gasteiger partial charge in [0.25, 0.3) is 5.24 Å². The summed E-state index contributed by atoms with van der Waals surface area (Å²) < 4.78 is 0.731. The molecule has 1 aliphatic rings. The molecule has 2 heterocycles. The number of imide groups is 1. The van der Waals surface area contributed by atoms with Crippen molar-refractivity contribution in [3.8, 4) is 0 Å². The van der Waals surface area contributed by atoms with Gasteiger partial charge in [0.1, 0.15) is 5.51 Å². The zero-order chi connectivity index (χ0) is 14.5. The van der Waals surface area contributed by atoms with Crippen molar-refractivity contribution in [3.63, 3.8) is 0 Å². The summed E-state index contributed by atoms with van der Waals surface area (Å²) in [4.78, 5) is 35.7. The van der Waals surface area contributed by atoms with Crippen LogP contribution in [0.3, 0.4) is 0 Å². The first kappa shape index (κ1) is 15.3. The largest absolute Gasteiger partial charge is 0.353 e. The lowest BCUT2D eigenvalue weighted by Crippen LogP contribution is -2.39. The number of thioether (sulfide) groups is 2. The molecule has 1 atom stereocenters. The topological polar surface area (TPSA) is 92.3 Å². The minimum absolute atomic E-state index is 0.156. The first-order valence-electron chi connectivity index (χ1n) is 5.75. The van der Waals surface area contributed by atoms with Crippen molar-refractivity contribution in [2.75, 3.05) is 18.8 Å². The van der Waals surface area contributed by atoms with Crippen LogP contribution in [0.1, 0.15) is 6.92 Å². The summed E-state index contributed by atoms with van der Waals surface area (Å²) in [5.74, 6) is -0.168. The Hall–Kier alpha value is -1.13. The molecule has 2 rings (SSSR count). The van der Waals surface area contributed by atoms with E-state index in [1.165, 1.54) is 23.1 Å². The number of hydrogen-bond acceptors (Lipinski definition) is 8. The molecular formula is C10H12N4O3S3. The molecule has 0 aliphatic carbocycles. The third-order valence-corrected chi connectivity index (χ3v) is 5.23. The Morgan fingerprint density at radius 3 is 3.00 bits per heavy atom. The molecule has 20 heavy (non-hydrogen) atoms. The Morgan fingerprint density at radius 1 is 1.60 bits per heavy atom. The van der Waals surface area contributed by atoms with Gasteiger partial charge in [-0.25, -0.2) is 0 Å². The van der Waals surface area contributed by atoms with Gasteiger partial charge < -0.3 is 5.32 Å². The van der Waals surface area contributed by atoms with Crippen LogP contribution < -0.4 is 5.32 Å². The van der Waals surface area contributed by atoms with E-state index in [4.69, 9.17) is 0 Å². The Balaban J connectivity index is 1.72. The van der Waals surface area contributed by atoms with E-state index in [-0.39, 0.29) is 41.1 Å². The summed E-state index contributed by atoms with van der Waals surface area (Å²) in [6, 6.07) is 0. The number of rotatable bonds is 6. The van der Waals surface area contributed by atoms with Crippen LogP contribution in [0.25, 0.3) is 0 Å². The van der Waals surface area contributed by atoms with Crippen molar-refractivity contribution in [1.29, 1.82) is 0 Å². The SMILES string of the molecule is C[C@@H](Sc1nncs1)C(=O)NCCN1C(=O)CSC1=O. The van der Waals surface area contributed by atoms with Crippen LogP contribution in [0.15, 0.2) is 9.85 Å². The Kier molecular flexibility index (Phi) is 5.38. The van der Waals surface area contributed by atoms with E-state index in [1.807, 2.05) is 0 Å². The van der Waals surface area contributed by atoms with Gasteiger partial charge in [-0.05, 0) is 6.92 Å². The van der Waals surface area contributed by atoms with E-state index in [2.05, 4.69) is 15.5 Å². The summed E-state index contributed by atoms with van der Waals surface area (Å²) in [7, 11) is 0. The predicted octanol–water partition coefficient (Wildman–Crippen LogP) is 0.830. The molecule has 10 heteroatoms. The maximum absolute atomic E-state index is 11.8. The summed E-state index contributed by atoms with van der Waals surface area (Å²) in [5.41, 5.74) is 1.61. The molecule has 1 fully saturated rings. The number of hydrogen-bond donors (Lipinski definition) is 1. The molecule has 1 aromatic heterocycles. The second-order valence-corrected chi connectivity index (χ2v) is 7.20. The van der Waals surface area contributed by atoms with Crippen LogP contribution in [-0.2, 0) is 9.59 Å². The van der Waals surface area contributed by atoms with Crippen molar-refractivity contribution < 1.29 is 14.4 Å². The number of carbonyl (C=O) groups is 3. The van der Waals surface area contributed by atoms with Crippen molar-refractivity contribution in [2.45, 2.75) is 16.5 Å². The van der Waals surface area contributed by atoms with E-state index in [0.29, 0.717) is 0 Å². The van der Waals surface area contributed by atoms with Crippen molar-refractivity contribution in [3.05, 3.63) is 5.51 Å². The first-order chi connectivity index (χ1) is 9.58. The van der Waals surface area contributed by atoms with Gasteiger partial charge in [0, 0.05) is 13.1 Å². The van der Waals surface area contributed by atoms with Crippen molar-refractivity contribution in [2.24, 2.45) is 0 Å². The fourth-order valence-electron chi connectivity index (χ4n) is 1.45. The maximum atomic E-state index is 11.8. The number of nitrogens with zero attached hydrogens (tertiary/aromatic N) is 3. The molecule has 108 valence electrons. The van der Waals surface area contributed by atoms with Gasteiger partial charge in [0.2, 0.25) is 11.8 Å². The average molecular weight is 332 g/mol. The fraction of sp³-hybridized carbons (Fsp3) is 0.500. The molecule has 1 aromatic rings. The molecule has 0 aromatic carbocycles. The zero-order valence-electron chi connectivity index (χ0n) is 10.6. The van der Waals surface area contributed by atoms with E-state index >= 15 is 0 Å². The van der Waals surface area contributed by atoms with Gasteiger partial charge in [0.15, 0.2) is 4.34 Å². The molecule has 3 amide bonds. The van der Waals surface area contributed by atoms with Crippen LogP contribution in [0.5, 0.6) is 0 Å². The highest BCUT2D eigenvalue weighted by atomic mass is 32.2. The average Bonchev–Trinajstić information content (AvgIpc) is 3.02. The third-order valence-electron chi connectivity index (χ3n) is 2.46. The minimum atomic E-state index is -0.303. The van der Waals surface area contributed by atoms with Crippen LogP contribution in [0.2, 0.25) is 0 Å². The lowest BCUT2D eigenvalue weighted by molar-refractivity contribution is -0.125. The second kappa shape index (κ2) is 7.04. The van der Waals surface area contributed by atoms with Crippen LogP contribution >= 0.6 is 34.9 Å². The molecule has 0 radical (unpaired) electrons. The quantitative estimate of drug-likeness (QED) is 0.771. The van der Waals surface area contributed by atoms with Crippen LogP contribution in [0.4, 0.5) is 4.79 Å². The number of nitrogens with one attached hydrogen (secondary N) is 1. The molecule has 1 aliphatic heterocycles. The zero-order valence-corrected chi connectivity index (χ0v) is 13.0. The van der Waals surface area contributed by atoms with Gasteiger partial charge in [-0.3, -0.25) is 19.3 Å². The molecule has 0 spiro atoms. The lowest BCUT2D eigenvalue weighted by Gasteiger charge is -2.14. The first-order valence-corrected chi connectivity index (χ1v) is 8.50. The van der Waals surface area contributed by atoms with E-state index < -0.39 is 0 Å². The molecule has 1 N–H and O–H groups in total. The predicted molar refractivity (Wildman–Crippen MR) is 77.8 cm³/mol. The molecule has 7 nitrogen and oxygen atoms in total. The second-order valence-electron chi connectivity index (χ2n) is 3.86. The summed E-state index contributed by atoms with van der Waals surface area (Å²) in [5, 5.41) is 9.70. The number of amides is 3. The highest BCUT2D eigenvalue weighted by Gasteiger charge is 2.29. The summed E-state index contributed by atoms with van der Waals surface area (Å²) in [6.45, 7) is 2.24. The van der Waals surface area contributed by atoms with Gasteiger partial charge in [0.05, 0.1) is 11.0 Å². The van der Waals surface area contributed by atoms with Crippen LogP contribution in [-0.4, -0.2) is 56.2 Å². The van der Waals surface area contributed by atoms with E-state index in [9.17, 15) is 14.4 Å². The maximum Gasteiger partial charge on any atom is 0.288 e. The summed E-state index contributed by atoms with van der Waals surface area (Å²) >= 11 is 3.69. The Bertz CT molecular complexity index is 492. The standard InChI is InChI=1S/C10H12N4O3S3/c1-6(20-9-13-12-5-19-9)8(16)11-2-3-14-7(15)4-18-10(14)17/h5-6H,2-4H2,1H3,(H,11,16)/t6-/m1/s1.